The number of anilines is 1. The van der Waals surface area contributed by atoms with Crippen LogP contribution in [0.3, 0.4) is 0 Å². The van der Waals surface area contributed by atoms with Crippen molar-refractivity contribution in [3.63, 3.8) is 0 Å². The lowest BCUT2D eigenvalue weighted by Crippen LogP contribution is -2.16. The largest absolute Gasteiger partial charge is 0.491 e. The van der Waals surface area contributed by atoms with Crippen molar-refractivity contribution in [2.45, 2.75) is 45.1 Å². The van der Waals surface area contributed by atoms with Gasteiger partial charge < -0.3 is 19.7 Å². The quantitative estimate of drug-likeness (QED) is 0.191. The fourth-order valence-corrected chi connectivity index (χ4v) is 5.25. The maximum Gasteiger partial charge on any atom is 0.303 e. The second-order valence-electron chi connectivity index (χ2n) is 9.76. The Hall–Kier alpha value is -4.32. The number of aryl methyl sites for hydroxylation is 1. The zero-order valence-electron chi connectivity index (χ0n) is 21.5. The van der Waals surface area contributed by atoms with Crippen LogP contribution < -0.4 is 10.1 Å². The van der Waals surface area contributed by atoms with Crippen molar-refractivity contribution < 1.29 is 19.4 Å². The molecule has 2 N–H and O–H groups in total. The van der Waals surface area contributed by atoms with Crippen LogP contribution in [0.1, 0.15) is 55.3 Å². The van der Waals surface area contributed by atoms with Crippen LogP contribution in [0.4, 0.5) is 5.69 Å². The molecule has 38 heavy (non-hydrogen) atoms. The molecule has 5 rings (SSSR count). The van der Waals surface area contributed by atoms with Gasteiger partial charge in [0.2, 0.25) is 5.91 Å². The fourth-order valence-electron chi connectivity index (χ4n) is 5.25. The van der Waals surface area contributed by atoms with Gasteiger partial charge in [0.15, 0.2) is 0 Å². The lowest BCUT2D eigenvalue weighted by atomic mass is 9.87. The minimum atomic E-state index is -0.857. The number of aromatic nitrogens is 1. The number of allylic oxidation sites excluding steroid dienone is 1. The third kappa shape index (κ3) is 5.65. The number of fused-ring (bicyclic) bond motifs is 2. The molecule has 0 bridgehead atoms. The van der Waals surface area contributed by atoms with Crippen molar-refractivity contribution in [3.05, 3.63) is 102 Å². The van der Waals surface area contributed by atoms with E-state index in [-0.39, 0.29) is 18.9 Å². The van der Waals surface area contributed by atoms with Gasteiger partial charge in [-0.15, -0.1) is 0 Å². The van der Waals surface area contributed by atoms with E-state index < -0.39 is 5.97 Å². The van der Waals surface area contributed by atoms with Crippen molar-refractivity contribution >= 4 is 34.0 Å². The van der Waals surface area contributed by atoms with Crippen molar-refractivity contribution in [2.24, 2.45) is 0 Å². The topological polar surface area (TPSA) is 80.6 Å². The molecule has 0 aliphatic heterocycles. The van der Waals surface area contributed by atoms with Crippen LogP contribution in [0.25, 0.3) is 16.5 Å². The van der Waals surface area contributed by atoms with Crippen molar-refractivity contribution in [3.8, 4) is 5.75 Å². The number of carboxylic acid groups (broad SMARTS) is 1. The zero-order valence-corrected chi connectivity index (χ0v) is 21.5. The number of amides is 1. The van der Waals surface area contributed by atoms with Crippen LogP contribution >= 0.6 is 0 Å². The molecule has 1 aliphatic carbocycles. The zero-order chi connectivity index (χ0) is 26.5. The number of hydrogen-bond acceptors (Lipinski definition) is 3. The van der Waals surface area contributed by atoms with Crippen LogP contribution in [0.2, 0.25) is 0 Å². The summed E-state index contributed by atoms with van der Waals surface area (Å²) in [5.41, 5.74) is 6.46. The summed E-state index contributed by atoms with van der Waals surface area (Å²) in [4.78, 5) is 23.5. The standard InChI is InChI=1S/C32H32N2O4/c1-22(20-31(35)33-27-11-4-5-13-30(27)38-19-7-14-32(36)37)24-15-16-28-25(21-24)17-18-34(28)29-12-6-9-23-8-2-3-10-26(23)29/h2-5,8,10-11,13,15-18,20-21,29H,6-7,9,12,14,19H2,1H3,(H,33,35)(H,36,37). The maximum atomic E-state index is 12.8. The van der Waals surface area contributed by atoms with Crippen LogP contribution in [-0.4, -0.2) is 28.2 Å². The number of carbonyl (C=O) groups is 2. The number of para-hydroxylation sites is 2. The Morgan fingerprint density at radius 1 is 1.08 bits per heavy atom. The van der Waals surface area contributed by atoms with Gasteiger partial charge in [0, 0.05) is 29.6 Å². The first-order valence-electron chi connectivity index (χ1n) is 13.1. The van der Waals surface area contributed by atoms with Crippen molar-refractivity contribution in [1.82, 2.24) is 4.57 Å². The first-order valence-corrected chi connectivity index (χ1v) is 13.1. The highest BCUT2D eigenvalue weighted by Crippen LogP contribution is 2.36. The van der Waals surface area contributed by atoms with Gasteiger partial charge >= 0.3 is 5.97 Å². The third-order valence-corrected chi connectivity index (χ3v) is 7.13. The van der Waals surface area contributed by atoms with E-state index in [1.54, 1.807) is 18.2 Å². The maximum absolute atomic E-state index is 12.8. The average molecular weight is 509 g/mol. The summed E-state index contributed by atoms with van der Waals surface area (Å²) in [6.07, 6.45) is 7.67. The SMILES string of the molecule is CC(=CC(=O)Nc1ccccc1OCCCC(=O)O)c1ccc2c(ccn2C2CCCc3ccccc32)c1. The summed E-state index contributed by atoms with van der Waals surface area (Å²) in [7, 11) is 0. The Labute approximate surface area is 222 Å². The molecule has 1 heterocycles. The molecule has 0 spiro atoms. The molecule has 0 saturated heterocycles. The van der Waals surface area contributed by atoms with Gasteiger partial charge in [-0.25, -0.2) is 0 Å². The van der Waals surface area contributed by atoms with Crippen LogP contribution in [0.5, 0.6) is 5.75 Å². The molecule has 4 aromatic rings. The van der Waals surface area contributed by atoms with Crippen molar-refractivity contribution in [2.75, 3.05) is 11.9 Å². The minimum absolute atomic E-state index is 0.0398. The molecule has 0 saturated carbocycles. The average Bonchev–Trinajstić information content (AvgIpc) is 3.34. The Balaban J connectivity index is 1.30. The Morgan fingerprint density at radius 2 is 1.89 bits per heavy atom. The van der Waals surface area contributed by atoms with Gasteiger partial charge in [0.1, 0.15) is 5.75 Å². The minimum Gasteiger partial charge on any atom is -0.491 e. The van der Waals surface area contributed by atoms with Crippen LogP contribution in [0.15, 0.2) is 85.1 Å². The lowest BCUT2D eigenvalue weighted by Gasteiger charge is -2.27. The number of rotatable bonds is 9. The molecule has 1 aromatic heterocycles. The Bertz CT molecular complexity index is 1500. The van der Waals surface area contributed by atoms with E-state index in [4.69, 9.17) is 9.84 Å². The highest BCUT2D eigenvalue weighted by molar-refractivity contribution is 6.04. The molecule has 6 nitrogen and oxygen atoms in total. The van der Waals surface area contributed by atoms with Gasteiger partial charge in [-0.05, 0) is 85.2 Å². The second kappa shape index (κ2) is 11.4. The summed E-state index contributed by atoms with van der Waals surface area (Å²) in [5, 5.41) is 12.8. The number of hydrogen-bond donors (Lipinski definition) is 2. The summed E-state index contributed by atoms with van der Waals surface area (Å²) in [5.74, 6) is -0.588. The highest BCUT2D eigenvalue weighted by atomic mass is 16.5. The predicted octanol–water partition coefficient (Wildman–Crippen LogP) is 6.85. The van der Waals surface area contributed by atoms with Gasteiger partial charge in [-0.1, -0.05) is 42.5 Å². The number of carbonyl (C=O) groups excluding carboxylic acids is 1. The Morgan fingerprint density at radius 3 is 2.76 bits per heavy atom. The van der Waals surface area contributed by atoms with E-state index in [9.17, 15) is 9.59 Å². The molecule has 1 atom stereocenters. The van der Waals surface area contributed by atoms with E-state index in [0.717, 1.165) is 29.4 Å². The van der Waals surface area contributed by atoms with Gasteiger partial charge in [-0.2, -0.15) is 0 Å². The molecule has 0 fully saturated rings. The third-order valence-electron chi connectivity index (χ3n) is 7.13. The molecule has 1 amide bonds. The molecule has 194 valence electrons. The molecule has 1 aliphatic rings. The second-order valence-corrected chi connectivity index (χ2v) is 9.76. The van der Waals surface area contributed by atoms with E-state index in [2.05, 4.69) is 64.6 Å². The molecular weight excluding hydrogens is 476 g/mol. The Kier molecular flexibility index (Phi) is 7.59. The lowest BCUT2D eigenvalue weighted by molar-refractivity contribution is -0.137. The first kappa shape index (κ1) is 25.3. The van der Waals surface area contributed by atoms with E-state index >= 15 is 0 Å². The van der Waals surface area contributed by atoms with Gasteiger partial charge in [0.25, 0.3) is 0 Å². The number of ether oxygens (including phenoxy) is 1. The number of nitrogens with zero attached hydrogens (tertiary/aromatic N) is 1. The molecule has 1 unspecified atom stereocenters. The van der Waals surface area contributed by atoms with Crippen LogP contribution in [0, 0.1) is 0 Å². The normalized spacial score (nSPS) is 15.2. The number of aliphatic carboxylic acids is 1. The molecule has 3 aromatic carbocycles. The number of nitrogens with one attached hydrogen (secondary N) is 1. The van der Waals surface area contributed by atoms with E-state index in [0.29, 0.717) is 23.9 Å². The molecular formula is C32H32N2O4. The summed E-state index contributed by atoms with van der Waals surface area (Å²) in [6, 6.07) is 24.8. The highest BCUT2D eigenvalue weighted by Gasteiger charge is 2.22. The van der Waals surface area contributed by atoms with Crippen molar-refractivity contribution in [1.29, 1.82) is 0 Å². The summed E-state index contributed by atoms with van der Waals surface area (Å²) < 4.78 is 8.08. The first-order chi connectivity index (χ1) is 18.5. The summed E-state index contributed by atoms with van der Waals surface area (Å²) in [6.45, 7) is 2.20. The monoisotopic (exact) mass is 508 g/mol. The number of carboxylic acids is 1. The number of benzene rings is 3. The van der Waals surface area contributed by atoms with Gasteiger partial charge in [0.05, 0.1) is 18.3 Å². The van der Waals surface area contributed by atoms with Crippen LogP contribution in [-0.2, 0) is 16.0 Å². The van der Waals surface area contributed by atoms with E-state index in [1.165, 1.54) is 23.1 Å². The summed E-state index contributed by atoms with van der Waals surface area (Å²) >= 11 is 0. The fraction of sp³-hybridized carbons (Fsp3) is 0.250. The molecule has 0 radical (unpaired) electrons. The van der Waals surface area contributed by atoms with Gasteiger partial charge in [-0.3, -0.25) is 9.59 Å². The van der Waals surface area contributed by atoms with E-state index in [1.807, 2.05) is 19.1 Å². The molecule has 6 heteroatoms. The smallest absolute Gasteiger partial charge is 0.303 e. The predicted molar refractivity (Wildman–Crippen MR) is 151 cm³/mol.